The first-order valence-electron chi connectivity index (χ1n) is 11.3. The van der Waals surface area contributed by atoms with Crippen LogP contribution in [0, 0.1) is 0 Å². The van der Waals surface area contributed by atoms with Gasteiger partial charge in [-0.2, -0.15) is 0 Å². The van der Waals surface area contributed by atoms with Gasteiger partial charge in [0.1, 0.15) is 0 Å². The molecule has 0 fully saturated rings. The predicted octanol–water partition coefficient (Wildman–Crippen LogP) is 8.24. The van der Waals surface area contributed by atoms with Crippen molar-refractivity contribution in [3.05, 3.63) is 114 Å². The van der Waals surface area contributed by atoms with E-state index >= 15 is 0 Å². The maximum Gasteiger partial charge on any atom is 0.0547 e. The molecule has 5 aromatic carbocycles. The van der Waals surface area contributed by atoms with Gasteiger partial charge in [-0.3, -0.25) is 0 Å². The van der Waals surface area contributed by atoms with E-state index in [-0.39, 0.29) is 5.41 Å². The van der Waals surface area contributed by atoms with E-state index in [1.54, 1.807) is 0 Å². The smallest absolute Gasteiger partial charge is 0.0547 e. The highest BCUT2D eigenvalue weighted by molar-refractivity contribution is 6.11. The molecule has 0 amide bonds. The highest BCUT2D eigenvalue weighted by atomic mass is 15.0. The van der Waals surface area contributed by atoms with Crippen molar-refractivity contribution in [2.45, 2.75) is 19.3 Å². The highest BCUT2D eigenvalue weighted by Crippen LogP contribution is 2.52. The maximum atomic E-state index is 2.46. The van der Waals surface area contributed by atoms with Crippen LogP contribution in [0.25, 0.3) is 49.4 Å². The third-order valence-corrected chi connectivity index (χ3v) is 7.35. The van der Waals surface area contributed by atoms with Crippen LogP contribution in [-0.2, 0) is 5.41 Å². The van der Waals surface area contributed by atoms with Crippen LogP contribution < -0.4 is 0 Å². The summed E-state index contributed by atoms with van der Waals surface area (Å²) in [5.41, 5.74) is 9.29. The third-order valence-electron chi connectivity index (χ3n) is 7.35. The zero-order valence-corrected chi connectivity index (χ0v) is 18.3. The zero-order chi connectivity index (χ0) is 21.4. The van der Waals surface area contributed by atoms with E-state index in [0.29, 0.717) is 0 Å². The Morgan fingerprint density at radius 2 is 1.16 bits per heavy atom. The van der Waals surface area contributed by atoms with Crippen molar-refractivity contribution in [3.8, 4) is 16.8 Å². The van der Waals surface area contributed by atoms with E-state index in [2.05, 4.69) is 122 Å². The first kappa shape index (κ1) is 17.8. The minimum atomic E-state index is -0.0289. The SMILES string of the molecule is CC1(C)c2cc3ccccc3cc2-c2cc3c(cc21)c1ccccc1n3-c1ccccc1. The van der Waals surface area contributed by atoms with Crippen LogP contribution in [0.2, 0.25) is 0 Å². The average molecular weight is 410 g/mol. The molecule has 1 aliphatic carbocycles. The van der Waals surface area contributed by atoms with E-state index in [1.807, 2.05) is 0 Å². The fraction of sp³-hybridized carbons (Fsp3) is 0.0968. The van der Waals surface area contributed by atoms with Gasteiger partial charge in [0.2, 0.25) is 0 Å². The molecular formula is C31H23N. The molecule has 152 valence electrons. The fourth-order valence-corrected chi connectivity index (χ4v) is 5.74. The lowest BCUT2D eigenvalue weighted by Crippen LogP contribution is -2.14. The normalized spacial score (nSPS) is 14.2. The Morgan fingerprint density at radius 1 is 0.531 bits per heavy atom. The van der Waals surface area contributed by atoms with Crippen molar-refractivity contribution < 1.29 is 0 Å². The summed E-state index contributed by atoms with van der Waals surface area (Å²) in [7, 11) is 0. The van der Waals surface area contributed by atoms with Gasteiger partial charge in [0.05, 0.1) is 11.0 Å². The standard InChI is InChI=1S/C31H23N/c1-31(2)27-17-21-11-7-6-10-20(21)16-24(27)25-19-30-26(18-28(25)31)23-14-8-9-15-29(23)32(30)22-12-4-3-5-13-22/h3-19H,1-2H3. The Morgan fingerprint density at radius 3 is 1.97 bits per heavy atom. The van der Waals surface area contributed by atoms with Gasteiger partial charge in [-0.05, 0) is 75.5 Å². The van der Waals surface area contributed by atoms with Gasteiger partial charge >= 0.3 is 0 Å². The molecule has 7 rings (SSSR count). The Hall–Kier alpha value is -3.84. The number of aromatic nitrogens is 1. The lowest BCUT2D eigenvalue weighted by molar-refractivity contribution is 0.662. The molecule has 1 heterocycles. The van der Waals surface area contributed by atoms with Crippen LogP contribution in [0.3, 0.4) is 0 Å². The summed E-state index contributed by atoms with van der Waals surface area (Å²) in [6, 6.07) is 37.9. The van der Waals surface area contributed by atoms with Crippen LogP contribution in [0.1, 0.15) is 25.0 Å². The van der Waals surface area contributed by atoms with Crippen molar-refractivity contribution in [1.82, 2.24) is 4.57 Å². The summed E-state index contributed by atoms with van der Waals surface area (Å²) >= 11 is 0. The van der Waals surface area contributed by atoms with Gasteiger partial charge < -0.3 is 4.57 Å². The molecular weight excluding hydrogens is 386 g/mol. The minimum absolute atomic E-state index is 0.0289. The Balaban J connectivity index is 1.63. The number of hydrogen-bond donors (Lipinski definition) is 0. The molecule has 32 heavy (non-hydrogen) atoms. The number of rotatable bonds is 1. The molecule has 0 saturated carbocycles. The van der Waals surface area contributed by atoms with Crippen LogP contribution in [0.15, 0.2) is 103 Å². The fourth-order valence-electron chi connectivity index (χ4n) is 5.74. The number of para-hydroxylation sites is 2. The number of fused-ring (bicyclic) bond motifs is 7. The van der Waals surface area contributed by atoms with Gasteiger partial charge in [0.25, 0.3) is 0 Å². The van der Waals surface area contributed by atoms with Gasteiger partial charge in [0.15, 0.2) is 0 Å². The molecule has 0 spiro atoms. The van der Waals surface area contributed by atoms with Gasteiger partial charge in [-0.15, -0.1) is 0 Å². The molecule has 1 nitrogen and oxygen atoms in total. The molecule has 0 unspecified atom stereocenters. The van der Waals surface area contributed by atoms with Crippen molar-refractivity contribution in [1.29, 1.82) is 0 Å². The molecule has 0 aliphatic heterocycles. The summed E-state index contributed by atoms with van der Waals surface area (Å²) in [6.45, 7) is 4.74. The van der Waals surface area contributed by atoms with E-state index in [0.717, 1.165) is 0 Å². The summed E-state index contributed by atoms with van der Waals surface area (Å²) < 4.78 is 2.41. The number of benzene rings is 5. The van der Waals surface area contributed by atoms with E-state index in [1.165, 1.54) is 60.5 Å². The molecule has 1 heteroatoms. The topological polar surface area (TPSA) is 4.93 Å². The summed E-state index contributed by atoms with van der Waals surface area (Å²) in [5.74, 6) is 0. The summed E-state index contributed by atoms with van der Waals surface area (Å²) in [5, 5.41) is 5.26. The van der Waals surface area contributed by atoms with Crippen molar-refractivity contribution >= 4 is 32.6 Å². The van der Waals surface area contributed by atoms with Crippen LogP contribution in [0.4, 0.5) is 0 Å². The Kier molecular flexibility index (Phi) is 3.40. The second-order valence-electron chi connectivity index (χ2n) is 9.47. The summed E-state index contributed by atoms with van der Waals surface area (Å²) in [4.78, 5) is 0. The van der Waals surface area contributed by atoms with Crippen molar-refractivity contribution in [2.75, 3.05) is 0 Å². The molecule has 0 N–H and O–H groups in total. The molecule has 1 aromatic heterocycles. The average Bonchev–Trinajstić information content (AvgIpc) is 3.26. The molecule has 0 bridgehead atoms. The van der Waals surface area contributed by atoms with Crippen molar-refractivity contribution in [2.24, 2.45) is 0 Å². The second kappa shape index (κ2) is 6.11. The molecule has 0 saturated heterocycles. The highest BCUT2D eigenvalue weighted by Gasteiger charge is 2.36. The monoisotopic (exact) mass is 409 g/mol. The predicted molar refractivity (Wildman–Crippen MR) is 136 cm³/mol. The third kappa shape index (κ3) is 2.23. The Labute approximate surface area is 187 Å². The molecule has 0 radical (unpaired) electrons. The first-order valence-corrected chi connectivity index (χ1v) is 11.3. The van der Waals surface area contributed by atoms with Gasteiger partial charge in [0, 0.05) is 21.9 Å². The number of hydrogen-bond acceptors (Lipinski definition) is 0. The molecule has 6 aromatic rings. The van der Waals surface area contributed by atoms with E-state index in [9.17, 15) is 0 Å². The molecule has 0 atom stereocenters. The van der Waals surface area contributed by atoms with Crippen LogP contribution in [0.5, 0.6) is 0 Å². The van der Waals surface area contributed by atoms with Crippen LogP contribution in [-0.4, -0.2) is 4.57 Å². The largest absolute Gasteiger partial charge is 0.309 e. The summed E-state index contributed by atoms with van der Waals surface area (Å²) in [6.07, 6.45) is 0. The lowest BCUT2D eigenvalue weighted by atomic mass is 9.81. The van der Waals surface area contributed by atoms with Gasteiger partial charge in [-0.1, -0.05) is 74.5 Å². The van der Waals surface area contributed by atoms with Crippen LogP contribution >= 0.6 is 0 Å². The second-order valence-corrected chi connectivity index (χ2v) is 9.47. The van der Waals surface area contributed by atoms with E-state index < -0.39 is 0 Å². The van der Waals surface area contributed by atoms with Gasteiger partial charge in [-0.25, -0.2) is 0 Å². The number of nitrogens with zero attached hydrogens (tertiary/aromatic N) is 1. The lowest BCUT2D eigenvalue weighted by Gasteiger charge is -2.22. The van der Waals surface area contributed by atoms with Crippen molar-refractivity contribution in [3.63, 3.8) is 0 Å². The minimum Gasteiger partial charge on any atom is -0.309 e. The first-order chi connectivity index (χ1) is 15.6. The molecule has 1 aliphatic rings. The van der Waals surface area contributed by atoms with E-state index in [4.69, 9.17) is 0 Å². The Bertz CT molecular complexity index is 1680. The quantitative estimate of drug-likeness (QED) is 0.258. The maximum absolute atomic E-state index is 2.46. The zero-order valence-electron chi connectivity index (χ0n) is 18.3.